The van der Waals surface area contributed by atoms with Crippen LogP contribution in [-0.2, 0) is 11.3 Å². The average Bonchev–Trinajstić information content (AvgIpc) is 3.27. The third-order valence-corrected chi connectivity index (χ3v) is 4.63. The van der Waals surface area contributed by atoms with E-state index in [0.717, 1.165) is 41.8 Å². The van der Waals surface area contributed by atoms with Gasteiger partial charge in [0.25, 0.3) is 0 Å². The molecule has 0 bridgehead atoms. The molecule has 0 spiro atoms. The minimum atomic E-state index is 0.0317. The molecule has 1 amide bonds. The minimum absolute atomic E-state index is 0.0317. The van der Waals surface area contributed by atoms with Crippen molar-refractivity contribution in [2.45, 2.75) is 32.4 Å². The molecule has 128 valence electrons. The van der Waals surface area contributed by atoms with Gasteiger partial charge >= 0.3 is 0 Å². The van der Waals surface area contributed by atoms with Crippen molar-refractivity contribution in [3.05, 3.63) is 54.1 Å². The Kier molecular flexibility index (Phi) is 4.05. The van der Waals surface area contributed by atoms with Gasteiger partial charge in [0.15, 0.2) is 0 Å². The summed E-state index contributed by atoms with van der Waals surface area (Å²) in [5, 5.41) is 12.0. The molecule has 25 heavy (non-hydrogen) atoms. The van der Waals surface area contributed by atoms with Gasteiger partial charge < -0.3 is 10.2 Å². The number of aromatic nitrogens is 4. The summed E-state index contributed by atoms with van der Waals surface area (Å²) >= 11 is 0. The van der Waals surface area contributed by atoms with Crippen LogP contribution in [0.2, 0.25) is 0 Å². The predicted molar refractivity (Wildman–Crippen MR) is 93.9 cm³/mol. The van der Waals surface area contributed by atoms with Crippen molar-refractivity contribution < 1.29 is 4.79 Å². The van der Waals surface area contributed by atoms with Crippen LogP contribution in [0.3, 0.4) is 0 Å². The van der Waals surface area contributed by atoms with Gasteiger partial charge in [0.1, 0.15) is 5.69 Å². The van der Waals surface area contributed by atoms with Crippen LogP contribution in [0.1, 0.15) is 37.1 Å². The van der Waals surface area contributed by atoms with Gasteiger partial charge in [-0.3, -0.25) is 9.78 Å². The summed E-state index contributed by atoms with van der Waals surface area (Å²) in [6.45, 7) is 3.11. The Bertz CT molecular complexity index is 891. The highest BCUT2D eigenvalue weighted by Crippen LogP contribution is 2.33. The number of anilines is 1. The molecule has 1 unspecified atom stereocenters. The summed E-state index contributed by atoms with van der Waals surface area (Å²) in [5.74, 6) is 0.0957. The van der Waals surface area contributed by atoms with Crippen LogP contribution in [0.15, 0.2) is 42.9 Å². The van der Waals surface area contributed by atoms with Crippen molar-refractivity contribution in [1.29, 1.82) is 0 Å². The molecule has 0 saturated carbocycles. The van der Waals surface area contributed by atoms with Crippen molar-refractivity contribution in [2.75, 3.05) is 11.9 Å². The number of hydrogen-bond donors (Lipinski definition) is 1. The molecule has 1 aliphatic rings. The second-order valence-corrected chi connectivity index (χ2v) is 6.31. The number of fused-ring (bicyclic) bond motifs is 1. The van der Waals surface area contributed by atoms with Crippen molar-refractivity contribution in [1.82, 2.24) is 24.7 Å². The molecule has 1 fully saturated rings. The number of hydrogen-bond acceptors (Lipinski definition) is 5. The lowest BCUT2D eigenvalue weighted by molar-refractivity contribution is -0.129. The molecule has 1 N–H and O–H groups in total. The van der Waals surface area contributed by atoms with Crippen LogP contribution >= 0.6 is 0 Å². The van der Waals surface area contributed by atoms with E-state index in [1.165, 1.54) is 0 Å². The second kappa shape index (κ2) is 6.51. The molecular formula is C18H20N6O. The third kappa shape index (κ3) is 3.05. The normalized spacial score (nSPS) is 17.2. The molecule has 0 radical (unpaired) electrons. The van der Waals surface area contributed by atoms with Gasteiger partial charge in [0.2, 0.25) is 5.91 Å². The van der Waals surface area contributed by atoms with E-state index in [0.29, 0.717) is 6.54 Å². The van der Waals surface area contributed by atoms with Crippen LogP contribution in [-0.4, -0.2) is 37.2 Å². The zero-order valence-corrected chi connectivity index (χ0v) is 14.1. The summed E-state index contributed by atoms with van der Waals surface area (Å²) in [4.78, 5) is 17.8. The molecule has 3 aromatic rings. The molecule has 0 aliphatic carbocycles. The second-order valence-electron chi connectivity index (χ2n) is 6.31. The first kappa shape index (κ1) is 15.6. The SMILES string of the molecule is CC(=O)N1CCCC1c1nnn2cc(NCc3cccnc3)ccc12. The maximum atomic E-state index is 11.8. The van der Waals surface area contributed by atoms with E-state index in [1.807, 2.05) is 41.6 Å². The van der Waals surface area contributed by atoms with E-state index in [1.54, 1.807) is 17.6 Å². The van der Waals surface area contributed by atoms with Gasteiger partial charge in [-0.2, -0.15) is 0 Å². The molecule has 7 nitrogen and oxygen atoms in total. The van der Waals surface area contributed by atoms with Gasteiger partial charge in [-0.05, 0) is 36.6 Å². The topological polar surface area (TPSA) is 75.4 Å². The Hall–Kier alpha value is -2.96. The highest BCUT2D eigenvalue weighted by molar-refractivity contribution is 5.74. The Morgan fingerprint density at radius 3 is 3.08 bits per heavy atom. The summed E-state index contributed by atoms with van der Waals surface area (Å²) in [5.41, 5.74) is 3.91. The van der Waals surface area contributed by atoms with E-state index in [4.69, 9.17) is 0 Å². The molecule has 3 aromatic heterocycles. The zero-order valence-electron chi connectivity index (χ0n) is 14.1. The number of rotatable bonds is 4. The standard InChI is InChI=1S/C18H20N6O/c1-13(25)23-9-3-5-16(23)18-17-7-6-15(12-24(17)22-21-18)20-11-14-4-2-8-19-10-14/h2,4,6-8,10,12,16,20H,3,5,9,11H2,1H3. The highest BCUT2D eigenvalue weighted by atomic mass is 16.2. The lowest BCUT2D eigenvalue weighted by Gasteiger charge is -2.21. The van der Waals surface area contributed by atoms with Crippen LogP contribution < -0.4 is 5.32 Å². The lowest BCUT2D eigenvalue weighted by Crippen LogP contribution is -2.28. The summed E-state index contributed by atoms with van der Waals surface area (Å²) in [6.07, 6.45) is 7.48. The summed E-state index contributed by atoms with van der Waals surface area (Å²) < 4.78 is 1.78. The smallest absolute Gasteiger partial charge is 0.220 e. The van der Waals surface area contributed by atoms with E-state index in [9.17, 15) is 4.79 Å². The Labute approximate surface area is 145 Å². The summed E-state index contributed by atoms with van der Waals surface area (Å²) in [7, 11) is 0. The van der Waals surface area contributed by atoms with Gasteiger partial charge in [0.05, 0.1) is 23.4 Å². The van der Waals surface area contributed by atoms with Crippen LogP contribution in [0.4, 0.5) is 5.69 Å². The first-order chi connectivity index (χ1) is 12.2. The molecule has 4 heterocycles. The van der Waals surface area contributed by atoms with E-state index in [2.05, 4.69) is 20.6 Å². The first-order valence-corrected chi connectivity index (χ1v) is 8.47. The maximum absolute atomic E-state index is 11.8. The predicted octanol–water partition coefficient (Wildman–Crippen LogP) is 2.42. The minimum Gasteiger partial charge on any atom is -0.380 e. The molecule has 1 aliphatic heterocycles. The number of amides is 1. The lowest BCUT2D eigenvalue weighted by atomic mass is 10.1. The van der Waals surface area contributed by atoms with Crippen LogP contribution in [0, 0.1) is 0 Å². The molecule has 1 saturated heterocycles. The third-order valence-electron chi connectivity index (χ3n) is 4.63. The summed E-state index contributed by atoms with van der Waals surface area (Å²) in [6, 6.07) is 8.02. The Morgan fingerprint density at radius 1 is 1.36 bits per heavy atom. The number of nitrogens with zero attached hydrogens (tertiary/aromatic N) is 5. The molecular weight excluding hydrogens is 316 g/mol. The first-order valence-electron chi connectivity index (χ1n) is 8.47. The highest BCUT2D eigenvalue weighted by Gasteiger charge is 2.31. The fraction of sp³-hybridized carbons (Fsp3) is 0.333. The molecule has 0 aromatic carbocycles. The maximum Gasteiger partial charge on any atom is 0.220 e. The quantitative estimate of drug-likeness (QED) is 0.792. The number of carbonyl (C=O) groups excluding carboxylic acids is 1. The number of nitrogens with one attached hydrogen (secondary N) is 1. The zero-order chi connectivity index (χ0) is 17.2. The van der Waals surface area contributed by atoms with Gasteiger partial charge in [-0.25, -0.2) is 4.52 Å². The van der Waals surface area contributed by atoms with E-state index >= 15 is 0 Å². The Morgan fingerprint density at radius 2 is 2.28 bits per heavy atom. The Balaban J connectivity index is 1.56. The van der Waals surface area contributed by atoms with Crippen LogP contribution in [0.25, 0.3) is 5.52 Å². The van der Waals surface area contributed by atoms with Crippen molar-refractivity contribution in [3.63, 3.8) is 0 Å². The number of likely N-dealkylation sites (tertiary alicyclic amines) is 1. The number of pyridine rings is 2. The fourth-order valence-electron chi connectivity index (χ4n) is 3.39. The van der Waals surface area contributed by atoms with E-state index in [-0.39, 0.29) is 11.9 Å². The number of carbonyl (C=O) groups is 1. The average molecular weight is 336 g/mol. The van der Waals surface area contributed by atoms with Gasteiger partial charge in [-0.1, -0.05) is 11.3 Å². The van der Waals surface area contributed by atoms with Gasteiger partial charge in [-0.15, -0.1) is 5.10 Å². The fourth-order valence-corrected chi connectivity index (χ4v) is 3.39. The van der Waals surface area contributed by atoms with Crippen molar-refractivity contribution in [3.8, 4) is 0 Å². The molecule has 7 heteroatoms. The molecule has 4 rings (SSSR count). The van der Waals surface area contributed by atoms with Crippen molar-refractivity contribution >= 4 is 17.1 Å². The molecule has 1 atom stereocenters. The van der Waals surface area contributed by atoms with Crippen LogP contribution in [0.5, 0.6) is 0 Å². The van der Waals surface area contributed by atoms with Crippen molar-refractivity contribution in [2.24, 2.45) is 0 Å². The van der Waals surface area contributed by atoms with E-state index < -0.39 is 0 Å². The largest absolute Gasteiger partial charge is 0.380 e. The monoisotopic (exact) mass is 336 g/mol. The van der Waals surface area contributed by atoms with Gasteiger partial charge in [0, 0.05) is 32.4 Å².